The molecule has 1 N–H and O–H groups in total. The Hall–Kier alpha value is -4.24. The molecule has 9 heteroatoms. The van der Waals surface area contributed by atoms with Crippen molar-refractivity contribution in [3.63, 3.8) is 0 Å². The Labute approximate surface area is 287 Å². The number of hydrogen-bond donors (Lipinski definition) is 1. The third kappa shape index (κ3) is 5.46. The molecular formula is C39H42ClN3O5. The Morgan fingerprint density at radius 1 is 1.00 bits per heavy atom. The number of ether oxygens (including phenoxy) is 1. The van der Waals surface area contributed by atoms with Gasteiger partial charge in [0, 0.05) is 30.3 Å². The SMILES string of the molecule is C=CCN(Cc1ccccc1)C(=O)[C@@H]1[C@H]2C(=O)N([C@H](CO)c3ccccc3)C(C(=O)N(CC=C)c3ccc(Cl)cc3)C23CC(C)[C@@]1(C)O3. The summed E-state index contributed by atoms with van der Waals surface area (Å²) >= 11 is 6.20. The van der Waals surface area contributed by atoms with Crippen molar-refractivity contribution in [3.8, 4) is 0 Å². The molecule has 3 saturated heterocycles. The summed E-state index contributed by atoms with van der Waals surface area (Å²) < 4.78 is 7.03. The number of carbonyl (C=O) groups excluding carboxylic acids is 3. The molecule has 0 aromatic heterocycles. The van der Waals surface area contributed by atoms with Gasteiger partial charge in [0.2, 0.25) is 11.8 Å². The van der Waals surface area contributed by atoms with Gasteiger partial charge >= 0.3 is 0 Å². The second-order valence-corrected chi connectivity index (χ2v) is 13.7. The number of hydrogen-bond acceptors (Lipinski definition) is 5. The molecule has 3 aromatic rings. The molecule has 0 radical (unpaired) electrons. The lowest BCUT2D eigenvalue weighted by atomic mass is 9.62. The molecule has 3 aromatic carbocycles. The van der Waals surface area contributed by atoms with Gasteiger partial charge in [0.1, 0.15) is 11.6 Å². The van der Waals surface area contributed by atoms with Crippen LogP contribution in [-0.4, -0.2) is 69.6 Å². The van der Waals surface area contributed by atoms with Crippen LogP contribution >= 0.6 is 11.6 Å². The van der Waals surface area contributed by atoms with Gasteiger partial charge in [-0.2, -0.15) is 0 Å². The molecule has 3 amide bonds. The summed E-state index contributed by atoms with van der Waals surface area (Å²) in [5.41, 5.74) is -0.119. The largest absolute Gasteiger partial charge is 0.394 e. The molecule has 3 fully saturated rings. The van der Waals surface area contributed by atoms with Gasteiger partial charge in [-0.15, -0.1) is 13.2 Å². The number of aliphatic hydroxyl groups excluding tert-OH is 1. The Kier molecular flexibility index (Phi) is 9.35. The van der Waals surface area contributed by atoms with Gasteiger partial charge in [0.25, 0.3) is 5.91 Å². The van der Waals surface area contributed by atoms with E-state index in [-0.39, 0.29) is 36.7 Å². The van der Waals surface area contributed by atoms with Crippen LogP contribution < -0.4 is 4.90 Å². The highest BCUT2D eigenvalue weighted by Gasteiger charge is 2.80. The lowest BCUT2D eigenvalue weighted by molar-refractivity contribution is -0.154. The molecule has 1 spiro atoms. The van der Waals surface area contributed by atoms with E-state index in [0.29, 0.717) is 29.2 Å². The Balaban J connectivity index is 1.49. The lowest BCUT2D eigenvalue weighted by Gasteiger charge is -2.39. The maximum absolute atomic E-state index is 15.1. The molecule has 250 valence electrons. The molecule has 3 aliphatic heterocycles. The van der Waals surface area contributed by atoms with Crippen LogP contribution in [0.4, 0.5) is 5.69 Å². The Morgan fingerprint density at radius 3 is 2.23 bits per heavy atom. The van der Waals surface area contributed by atoms with Gasteiger partial charge in [-0.05, 0) is 54.7 Å². The summed E-state index contributed by atoms with van der Waals surface area (Å²) in [6.07, 6.45) is 3.71. The van der Waals surface area contributed by atoms with Crippen LogP contribution in [0.1, 0.15) is 37.4 Å². The van der Waals surface area contributed by atoms with Crippen molar-refractivity contribution in [1.82, 2.24) is 9.80 Å². The average molecular weight is 668 g/mol. The standard InChI is InChI=1S/C39H42ClN3O5/c1-5-21-41(24-27-13-9-7-10-14-27)35(45)32-33-36(46)43(31(25-44)28-15-11-8-12-16-28)34(39(33)23-26(3)38(32,4)48-39)37(47)42(22-6-2)30-19-17-29(40)18-20-30/h5-20,26,31-34,44H,1-2,21-25H2,3-4H3/t26?,31-,32+,33+,34?,38-,39?/m1/s1. The Bertz CT molecular complexity index is 1680. The first kappa shape index (κ1) is 33.7. The van der Waals surface area contributed by atoms with Crippen molar-refractivity contribution in [2.75, 3.05) is 24.6 Å². The molecule has 3 heterocycles. The van der Waals surface area contributed by atoms with Crippen molar-refractivity contribution in [2.24, 2.45) is 17.8 Å². The third-order valence-corrected chi connectivity index (χ3v) is 10.8. The Morgan fingerprint density at radius 2 is 1.62 bits per heavy atom. The van der Waals surface area contributed by atoms with E-state index >= 15 is 9.59 Å². The number of amides is 3. The lowest BCUT2D eigenvalue weighted by Crippen LogP contribution is -2.57. The van der Waals surface area contributed by atoms with E-state index in [9.17, 15) is 9.90 Å². The fraction of sp³-hybridized carbons (Fsp3) is 0.359. The normalized spacial score (nSPS) is 27.8. The molecular weight excluding hydrogens is 626 g/mol. The van der Waals surface area contributed by atoms with E-state index in [1.807, 2.05) is 74.5 Å². The minimum atomic E-state index is -1.32. The number of carbonyl (C=O) groups is 3. The molecule has 3 unspecified atom stereocenters. The summed E-state index contributed by atoms with van der Waals surface area (Å²) in [7, 11) is 0. The van der Waals surface area contributed by atoms with Crippen LogP contribution in [-0.2, 0) is 25.7 Å². The maximum atomic E-state index is 15.1. The van der Waals surface area contributed by atoms with Gasteiger partial charge in [-0.1, -0.05) is 91.3 Å². The number of anilines is 1. The molecule has 48 heavy (non-hydrogen) atoms. The number of nitrogens with zero attached hydrogens (tertiary/aromatic N) is 3. The van der Waals surface area contributed by atoms with Gasteiger partial charge in [0.15, 0.2) is 0 Å². The fourth-order valence-corrected chi connectivity index (χ4v) is 8.43. The second-order valence-electron chi connectivity index (χ2n) is 13.3. The number of benzene rings is 3. The zero-order valence-electron chi connectivity index (χ0n) is 27.4. The van der Waals surface area contributed by atoms with Crippen molar-refractivity contribution in [3.05, 3.63) is 126 Å². The van der Waals surface area contributed by atoms with Crippen molar-refractivity contribution in [1.29, 1.82) is 0 Å². The molecule has 0 aliphatic carbocycles. The van der Waals surface area contributed by atoms with E-state index in [1.54, 1.807) is 46.2 Å². The van der Waals surface area contributed by atoms with Crippen LogP contribution in [0.5, 0.6) is 0 Å². The smallest absolute Gasteiger partial charge is 0.253 e. The topological polar surface area (TPSA) is 90.4 Å². The number of rotatable bonds is 12. The van der Waals surface area contributed by atoms with Crippen LogP contribution in [0.25, 0.3) is 0 Å². The average Bonchev–Trinajstić information content (AvgIpc) is 3.61. The highest BCUT2D eigenvalue weighted by atomic mass is 35.5. The number of aliphatic hydroxyl groups is 1. The number of fused-ring (bicyclic) bond motifs is 1. The van der Waals surface area contributed by atoms with Crippen molar-refractivity contribution < 1.29 is 24.2 Å². The van der Waals surface area contributed by atoms with Crippen LogP contribution in [0.2, 0.25) is 5.02 Å². The molecule has 8 nitrogen and oxygen atoms in total. The van der Waals surface area contributed by atoms with Gasteiger partial charge in [-0.3, -0.25) is 14.4 Å². The van der Waals surface area contributed by atoms with Gasteiger partial charge in [-0.25, -0.2) is 0 Å². The van der Waals surface area contributed by atoms with Crippen LogP contribution in [0, 0.1) is 17.8 Å². The van der Waals surface area contributed by atoms with E-state index in [0.717, 1.165) is 5.56 Å². The fourth-order valence-electron chi connectivity index (χ4n) is 8.31. The predicted molar refractivity (Wildman–Crippen MR) is 186 cm³/mol. The highest BCUT2D eigenvalue weighted by molar-refractivity contribution is 6.30. The summed E-state index contributed by atoms with van der Waals surface area (Å²) in [6, 6.07) is 23.8. The van der Waals surface area contributed by atoms with E-state index in [1.165, 1.54) is 4.90 Å². The van der Waals surface area contributed by atoms with Crippen molar-refractivity contribution in [2.45, 2.75) is 50.1 Å². The maximum Gasteiger partial charge on any atom is 0.253 e. The predicted octanol–water partition coefficient (Wildman–Crippen LogP) is 5.82. The van der Waals surface area contributed by atoms with E-state index in [4.69, 9.17) is 16.3 Å². The third-order valence-electron chi connectivity index (χ3n) is 10.5. The summed E-state index contributed by atoms with van der Waals surface area (Å²) in [5.74, 6) is -2.94. The van der Waals surface area contributed by atoms with Crippen LogP contribution in [0.15, 0.2) is 110 Å². The minimum Gasteiger partial charge on any atom is -0.394 e. The molecule has 0 saturated carbocycles. The second kappa shape index (κ2) is 13.3. The first-order valence-corrected chi connectivity index (χ1v) is 16.8. The van der Waals surface area contributed by atoms with E-state index in [2.05, 4.69) is 13.2 Å². The minimum absolute atomic E-state index is 0.152. The molecule has 7 atom stereocenters. The summed E-state index contributed by atoms with van der Waals surface area (Å²) in [5, 5.41) is 11.4. The van der Waals surface area contributed by atoms with Gasteiger partial charge in [0.05, 0.1) is 30.1 Å². The highest BCUT2D eigenvalue weighted by Crippen LogP contribution is 2.66. The van der Waals surface area contributed by atoms with Crippen LogP contribution in [0.3, 0.4) is 0 Å². The quantitative estimate of drug-likeness (QED) is 0.246. The molecule has 3 aliphatic rings. The zero-order chi connectivity index (χ0) is 34.2. The first-order chi connectivity index (χ1) is 23.1. The summed E-state index contributed by atoms with van der Waals surface area (Å²) in [6.45, 7) is 12.1. The number of halogens is 1. The summed E-state index contributed by atoms with van der Waals surface area (Å²) in [4.78, 5) is 49.8. The monoisotopic (exact) mass is 667 g/mol. The zero-order valence-corrected chi connectivity index (χ0v) is 28.1. The van der Waals surface area contributed by atoms with Gasteiger partial charge < -0.3 is 24.5 Å². The number of likely N-dealkylation sites (tertiary alicyclic amines) is 1. The van der Waals surface area contributed by atoms with Crippen molar-refractivity contribution >= 4 is 35.0 Å². The van der Waals surface area contributed by atoms with E-state index < -0.39 is 41.7 Å². The molecule has 6 rings (SSSR count). The first-order valence-electron chi connectivity index (χ1n) is 16.4. The molecule has 2 bridgehead atoms.